The summed E-state index contributed by atoms with van der Waals surface area (Å²) < 4.78 is 0. The molecule has 0 bridgehead atoms. The molecule has 0 rings (SSSR count). The summed E-state index contributed by atoms with van der Waals surface area (Å²) in [4.78, 5) is 0. The fourth-order valence-corrected chi connectivity index (χ4v) is 0. The van der Waals surface area contributed by atoms with Crippen molar-refractivity contribution in [1.82, 2.24) is 0 Å². The van der Waals surface area contributed by atoms with Crippen LogP contribution in [0, 0.1) is 41.7 Å². The molecule has 0 aromatic carbocycles. The third kappa shape index (κ3) is 22.9. The Labute approximate surface area is 159 Å². The summed E-state index contributed by atoms with van der Waals surface area (Å²) in [5, 5.41) is 0. The molecule has 0 atom stereocenters. The first-order chi connectivity index (χ1) is 0. The van der Waals surface area contributed by atoms with Crippen LogP contribution in [0.4, 0.5) is 0 Å². The van der Waals surface area contributed by atoms with Crippen LogP contribution in [-0.2, 0) is 69.3 Å². The standard InChI is InChI=1S/Ce.2Mg.Mn.Y.Zn.4H/q;2*+2;;;;4*-1. The average Bonchev–Trinajstić information content (AvgIpc) is 0. The van der Waals surface area contributed by atoms with Crippen LogP contribution in [0.15, 0.2) is 0 Å². The van der Waals surface area contributed by atoms with Gasteiger partial charge in [0, 0.05) is 111 Å². The van der Waals surface area contributed by atoms with E-state index in [9.17, 15) is 0 Å². The molecule has 0 saturated carbocycles. The Bertz CT molecular complexity index is 23.2. The van der Waals surface area contributed by atoms with Gasteiger partial charge in [-0.05, 0) is 0 Å². The fourth-order valence-electron chi connectivity index (χ4n) is 0. The molecule has 0 aromatic rings. The van der Waals surface area contributed by atoms with Crippen molar-refractivity contribution >= 4 is 46.1 Å². The van der Waals surface area contributed by atoms with Crippen LogP contribution >= 0.6 is 0 Å². The molecule has 6 heavy (non-hydrogen) atoms. The van der Waals surface area contributed by atoms with Gasteiger partial charge in [-0.3, -0.25) is 0 Å². The molecule has 0 saturated heterocycles. The minimum atomic E-state index is 0. The maximum atomic E-state index is 0. The zero-order valence-electron chi connectivity index (χ0n) is 7.58. The summed E-state index contributed by atoms with van der Waals surface area (Å²) in [6.45, 7) is 0. The van der Waals surface area contributed by atoms with Crippen LogP contribution < -0.4 is 0 Å². The normalized spacial score (nSPS) is 0. The molecular formula is H4CeMg2MnYZn. The van der Waals surface area contributed by atoms with Crippen LogP contribution in [0.5, 0.6) is 0 Å². The van der Waals surface area contributed by atoms with Gasteiger partial charge in [0.25, 0.3) is 0 Å². The first-order valence-electron chi connectivity index (χ1n) is 0. The van der Waals surface area contributed by atoms with Crippen molar-refractivity contribution in [3.8, 4) is 0 Å². The molecule has 0 heterocycles. The summed E-state index contributed by atoms with van der Waals surface area (Å²) in [5.41, 5.74) is 0. The van der Waals surface area contributed by atoms with E-state index < -0.39 is 0 Å². The number of hydrogen-bond acceptors (Lipinski definition) is 0. The van der Waals surface area contributed by atoms with Crippen molar-refractivity contribution in [3.05, 3.63) is 0 Å². The van der Waals surface area contributed by atoms with Crippen molar-refractivity contribution < 1.29 is 117 Å². The maximum Gasteiger partial charge on any atom is 2.00 e. The Morgan fingerprint density at radius 1 is 1.00 bits per heavy atom. The van der Waals surface area contributed by atoms with Gasteiger partial charge in [-0.2, -0.15) is 0 Å². The average molecular weight is 402 g/mol. The molecule has 0 nitrogen and oxygen atoms in total. The van der Waals surface area contributed by atoms with E-state index in [1.807, 2.05) is 0 Å². The molecule has 0 aliphatic rings. The smallest absolute Gasteiger partial charge is 1.00 e. The second-order valence-corrected chi connectivity index (χ2v) is 0. The van der Waals surface area contributed by atoms with Gasteiger partial charge in [0.1, 0.15) is 0 Å². The predicted octanol–water partition coefficient (Wildman–Crippen LogP) is -0.319. The summed E-state index contributed by atoms with van der Waals surface area (Å²) >= 11 is 0. The van der Waals surface area contributed by atoms with Gasteiger partial charge < -0.3 is 5.71 Å². The monoisotopic (exact) mass is 400 g/mol. The largest absolute Gasteiger partial charge is 2.00 e. The summed E-state index contributed by atoms with van der Waals surface area (Å²) in [7, 11) is 0. The van der Waals surface area contributed by atoms with Crippen molar-refractivity contribution in [2.24, 2.45) is 0 Å². The minimum Gasteiger partial charge on any atom is -1.00 e. The van der Waals surface area contributed by atoms with Gasteiger partial charge >= 0.3 is 46.1 Å². The Morgan fingerprint density at radius 3 is 1.00 bits per heavy atom. The van der Waals surface area contributed by atoms with Crippen molar-refractivity contribution in [1.29, 1.82) is 0 Å². The molecule has 0 amide bonds. The molecule has 0 fully saturated rings. The molecule has 0 N–H and O–H groups in total. The molecule has 0 aromatic heterocycles. The van der Waals surface area contributed by atoms with Gasteiger partial charge in [-0.15, -0.1) is 0 Å². The van der Waals surface area contributed by atoms with Crippen LogP contribution in [0.3, 0.4) is 0 Å². The molecule has 0 aliphatic carbocycles. The zero-order valence-corrected chi connectivity index (χ0v) is 16.5. The predicted molar refractivity (Wildman–Crippen MR) is 16.0 cm³/mol. The molecule has 24 valence electrons. The third-order valence-corrected chi connectivity index (χ3v) is 0. The Hall–Kier alpha value is 5.16. The molecule has 0 aliphatic heterocycles. The summed E-state index contributed by atoms with van der Waals surface area (Å²) in [6, 6.07) is 0. The van der Waals surface area contributed by atoms with Crippen LogP contribution in [-0.4, -0.2) is 46.1 Å². The van der Waals surface area contributed by atoms with Gasteiger partial charge in [-0.25, -0.2) is 0 Å². The maximum absolute atomic E-state index is 0. The minimum absolute atomic E-state index is 0. The first kappa shape index (κ1) is 43.3. The van der Waals surface area contributed by atoms with Crippen molar-refractivity contribution in [3.63, 3.8) is 0 Å². The van der Waals surface area contributed by atoms with E-state index in [1.165, 1.54) is 0 Å². The van der Waals surface area contributed by atoms with Gasteiger partial charge in [0.05, 0.1) is 0 Å². The second kappa shape index (κ2) is 32.0. The van der Waals surface area contributed by atoms with Crippen molar-refractivity contribution in [2.45, 2.75) is 0 Å². The Balaban J connectivity index is 0. The Kier molecular flexibility index (Phi) is 231. The van der Waals surface area contributed by atoms with E-state index >= 15 is 0 Å². The van der Waals surface area contributed by atoms with Crippen LogP contribution in [0.2, 0.25) is 0 Å². The SMILES string of the molecule is [Ce].[H-].[H-].[H-].[H-].[Mg+2].[Mg+2].[Mn].[Y].[Zn]. The fraction of sp³-hybridized carbons (Fsp3) is 0. The first-order valence-corrected chi connectivity index (χ1v) is 0. The topological polar surface area (TPSA) is 0 Å². The summed E-state index contributed by atoms with van der Waals surface area (Å²) in [6.07, 6.45) is 0. The van der Waals surface area contributed by atoms with E-state index in [0.29, 0.717) is 0 Å². The molecular weight excluding hydrogens is 398 g/mol. The van der Waals surface area contributed by atoms with Gasteiger partial charge in [0.15, 0.2) is 0 Å². The van der Waals surface area contributed by atoms with Crippen molar-refractivity contribution in [2.75, 3.05) is 0 Å². The molecule has 0 spiro atoms. The van der Waals surface area contributed by atoms with Gasteiger partial charge in [0.2, 0.25) is 0 Å². The number of rotatable bonds is 0. The number of hydrogen-bond donors (Lipinski definition) is 0. The van der Waals surface area contributed by atoms with Crippen LogP contribution in [0.1, 0.15) is 5.71 Å². The van der Waals surface area contributed by atoms with Gasteiger partial charge in [-0.1, -0.05) is 0 Å². The Morgan fingerprint density at radius 2 is 1.00 bits per heavy atom. The van der Waals surface area contributed by atoms with E-state index in [4.69, 9.17) is 0 Å². The zero-order chi connectivity index (χ0) is 0. The van der Waals surface area contributed by atoms with E-state index in [-0.39, 0.29) is 163 Å². The van der Waals surface area contributed by atoms with E-state index in [0.717, 1.165) is 0 Å². The van der Waals surface area contributed by atoms with E-state index in [2.05, 4.69) is 0 Å². The summed E-state index contributed by atoms with van der Waals surface area (Å²) in [5.74, 6) is 0. The molecule has 6 heteroatoms. The third-order valence-electron chi connectivity index (χ3n) is 0. The quantitative estimate of drug-likeness (QED) is 0.488. The molecule has 0 unspecified atom stereocenters. The van der Waals surface area contributed by atoms with Crippen LogP contribution in [0.25, 0.3) is 0 Å². The second-order valence-electron chi connectivity index (χ2n) is 0. The molecule has 2 radical (unpaired) electrons. The van der Waals surface area contributed by atoms with E-state index in [1.54, 1.807) is 0 Å².